The number of hydrogen-bond donors (Lipinski definition) is 2. The number of nitrogens with one attached hydrogen (secondary N) is 1. The van der Waals surface area contributed by atoms with Gasteiger partial charge in [0, 0.05) is 23.2 Å². The smallest absolute Gasteiger partial charge is 0.397 e. The van der Waals surface area contributed by atoms with Gasteiger partial charge in [0.15, 0.2) is 0 Å². The van der Waals surface area contributed by atoms with E-state index >= 15 is 0 Å². The number of fused-ring (bicyclic) bond motifs is 1. The van der Waals surface area contributed by atoms with Gasteiger partial charge in [-0.2, -0.15) is 0 Å². The van der Waals surface area contributed by atoms with Gasteiger partial charge in [-0.25, -0.2) is 9.78 Å². The topological polar surface area (TPSA) is 106 Å². The number of nitrogens with two attached hydrogens (primary N) is 1. The number of pyridine rings is 1. The Kier molecular flexibility index (Phi) is 4.79. The van der Waals surface area contributed by atoms with Crippen LogP contribution in [0.4, 0.5) is 5.69 Å². The van der Waals surface area contributed by atoms with Gasteiger partial charge in [-0.15, -0.1) is 11.3 Å². The van der Waals surface area contributed by atoms with Crippen LogP contribution in [0.25, 0.3) is 15.9 Å². The minimum absolute atomic E-state index is 0.130. The van der Waals surface area contributed by atoms with E-state index in [0.717, 1.165) is 17.7 Å². The first-order chi connectivity index (χ1) is 13.8. The van der Waals surface area contributed by atoms with Crippen molar-refractivity contribution in [3.8, 4) is 5.69 Å². The zero-order valence-electron chi connectivity index (χ0n) is 16.4. The van der Waals surface area contributed by atoms with E-state index in [4.69, 9.17) is 10.3 Å². The molecule has 0 aliphatic rings. The molecule has 29 heavy (non-hydrogen) atoms. The molecule has 0 bridgehead atoms. The number of rotatable bonds is 5. The molecule has 7 nitrogen and oxygen atoms in total. The summed E-state index contributed by atoms with van der Waals surface area (Å²) < 4.78 is 6.25. The van der Waals surface area contributed by atoms with E-state index < -0.39 is 11.4 Å². The van der Waals surface area contributed by atoms with E-state index in [1.807, 2.05) is 31.2 Å². The van der Waals surface area contributed by atoms with Crippen LogP contribution >= 0.6 is 11.3 Å². The Balaban J connectivity index is 1.80. The standard InChI is InChI=1S/C21H20N4O3S/c1-11(2)10-13-6-9-15-16(22)19(29-20(15)23-13)18(26)17-21(27)28-24-25(17)14-7-4-12(3)5-8-14/h4-9,11H,10H2,1-3H3,(H2-,22,24,26,27)/p+1. The summed E-state index contributed by atoms with van der Waals surface area (Å²) in [5.74, 6) is -0.0252. The lowest BCUT2D eigenvalue weighted by Gasteiger charge is -2.03. The normalized spacial score (nSPS) is 11.4. The van der Waals surface area contributed by atoms with E-state index in [-0.39, 0.29) is 10.6 Å². The highest BCUT2D eigenvalue weighted by atomic mass is 32.1. The number of H-pyrrole nitrogens is 1. The zero-order chi connectivity index (χ0) is 20.7. The maximum Gasteiger partial charge on any atom is 0.439 e. The second-order valence-corrected chi connectivity index (χ2v) is 8.43. The molecule has 4 aromatic rings. The average molecular weight is 409 g/mol. The van der Waals surface area contributed by atoms with Crippen molar-refractivity contribution in [1.82, 2.24) is 10.3 Å². The molecule has 3 aromatic heterocycles. The Hall–Kier alpha value is -3.26. The minimum atomic E-state index is -0.749. The molecule has 0 aliphatic heterocycles. The summed E-state index contributed by atoms with van der Waals surface area (Å²) in [7, 11) is 0. The van der Waals surface area contributed by atoms with Gasteiger partial charge < -0.3 is 5.73 Å². The number of nitrogen functional groups attached to an aromatic ring is 1. The molecule has 8 heteroatoms. The van der Waals surface area contributed by atoms with Gasteiger partial charge in [-0.3, -0.25) is 9.32 Å². The molecule has 0 radical (unpaired) electrons. The number of aromatic amines is 1. The van der Waals surface area contributed by atoms with Crippen molar-refractivity contribution < 1.29 is 14.0 Å². The molecule has 0 saturated carbocycles. The Morgan fingerprint density at radius 2 is 1.97 bits per heavy atom. The van der Waals surface area contributed by atoms with Crippen LogP contribution in [-0.4, -0.2) is 16.0 Å². The molecule has 3 heterocycles. The molecule has 0 saturated heterocycles. The van der Waals surface area contributed by atoms with Crippen molar-refractivity contribution in [1.29, 1.82) is 0 Å². The van der Waals surface area contributed by atoms with Crippen molar-refractivity contribution in [3.05, 3.63) is 68.6 Å². The van der Waals surface area contributed by atoms with Gasteiger partial charge in [0.1, 0.15) is 9.71 Å². The van der Waals surface area contributed by atoms with Crippen molar-refractivity contribution in [2.24, 2.45) is 5.92 Å². The summed E-state index contributed by atoms with van der Waals surface area (Å²) in [5, 5.41) is 3.22. The number of aryl methyl sites for hydroxylation is 1. The number of thiophene rings is 1. The molecule has 0 aliphatic carbocycles. The summed E-state index contributed by atoms with van der Waals surface area (Å²) in [6.45, 7) is 6.20. The lowest BCUT2D eigenvalue weighted by atomic mass is 10.1. The molecule has 0 fully saturated rings. The second-order valence-electron chi connectivity index (χ2n) is 7.43. The number of benzene rings is 1. The van der Waals surface area contributed by atoms with Gasteiger partial charge in [-0.05, 0) is 41.3 Å². The third-order valence-corrected chi connectivity index (χ3v) is 5.74. The lowest BCUT2D eigenvalue weighted by Crippen LogP contribution is -2.41. The minimum Gasteiger partial charge on any atom is -0.397 e. The third-order valence-electron chi connectivity index (χ3n) is 4.63. The summed E-state index contributed by atoms with van der Waals surface area (Å²) in [5.41, 5.74) is 8.32. The van der Waals surface area contributed by atoms with Gasteiger partial charge in [0.25, 0.3) is 5.78 Å². The van der Waals surface area contributed by atoms with Crippen LogP contribution in [0, 0.1) is 12.8 Å². The number of aromatic nitrogens is 3. The maximum absolute atomic E-state index is 13.2. The summed E-state index contributed by atoms with van der Waals surface area (Å²) in [4.78, 5) is 31.2. The fraction of sp³-hybridized carbons (Fsp3) is 0.238. The summed E-state index contributed by atoms with van der Waals surface area (Å²) >= 11 is 1.19. The Morgan fingerprint density at radius 1 is 1.24 bits per heavy atom. The van der Waals surface area contributed by atoms with E-state index in [1.165, 1.54) is 16.0 Å². The van der Waals surface area contributed by atoms with Crippen LogP contribution < -0.4 is 16.0 Å². The van der Waals surface area contributed by atoms with Crippen molar-refractivity contribution in [3.63, 3.8) is 0 Å². The van der Waals surface area contributed by atoms with Crippen LogP contribution in [-0.2, 0) is 6.42 Å². The monoisotopic (exact) mass is 409 g/mol. The first-order valence-electron chi connectivity index (χ1n) is 9.28. The molecular weight excluding hydrogens is 388 g/mol. The van der Waals surface area contributed by atoms with E-state index in [1.54, 1.807) is 12.1 Å². The van der Waals surface area contributed by atoms with Crippen molar-refractivity contribution in [2.75, 3.05) is 5.73 Å². The number of carbonyl (C=O) groups is 1. The van der Waals surface area contributed by atoms with Crippen LogP contribution in [0.3, 0.4) is 0 Å². The molecule has 148 valence electrons. The summed E-state index contributed by atoms with van der Waals surface area (Å²) in [6, 6.07) is 11.2. The molecule has 0 spiro atoms. The summed E-state index contributed by atoms with van der Waals surface area (Å²) in [6.07, 6.45) is 0.839. The predicted octanol–water partition coefficient (Wildman–Crippen LogP) is 3.17. The number of hydrogen-bond acceptors (Lipinski definition) is 6. The van der Waals surface area contributed by atoms with Crippen molar-refractivity contribution >= 4 is 33.0 Å². The fourth-order valence-corrected chi connectivity index (χ4v) is 4.24. The Bertz CT molecular complexity index is 1270. The Morgan fingerprint density at radius 3 is 2.66 bits per heavy atom. The average Bonchev–Trinajstić information content (AvgIpc) is 3.21. The molecular formula is C21H21N4O3S+. The number of ketones is 1. The van der Waals surface area contributed by atoms with Crippen LogP contribution in [0.1, 0.15) is 40.5 Å². The van der Waals surface area contributed by atoms with Gasteiger partial charge >= 0.3 is 11.3 Å². The van der Waals surface area contributed by atoms with Crippen LogP contribution in [0.2, 0.25) is 0 Å². The highest BCUT2D eigenvalue weighted by Gasteiger charge is 2.34. The van der Waals surface area contributed by atoms with Gasteiger partial charge in [-0.1, -0.05) is 31.5 Å². The third kappa shape index (κ3) is 3.47. The molecule has 0 unspecified atom stereocenters. The Labute approximate surface area is 170 Å². The fourth-order valence-electron chi connectivity index (χ4n) is 3.19. The van der Waals surface area contributed by atoms with E-state index in [2.05, 4.69) is 24.1 Å². The van der Waals surface area contributed by atoms with Gasteiger partial charge in [0.05, 0.1) is 5.69 Å². The molecule has 0 atom stereocenters. The SMILES string of the molecule is Cc1ccc(-[n+]2[nH]oc(=O)c2C(=O)c2sc3nc(CC(C)C)ccc3c2N)cc1. The number of anilines is 1. The second kappa shape index (κ2) is 7.29. The maximum atomic E-state index is 13.2. The quantitative estimate of drug-likeness (QED) is 0.389. The zero-order valence-corrected chi connectivity index (χ0v) is 17.2. The molecule has 4 rings (SSSR count). The first kappa shape index (κ1) is 19.1. The lowest BCUT2D eigenvalue weighted by molar-refractivity contribution is -0.672. The van der Waals surface area contributed by atoms with Gasteiger partial charge in [0.2, 0.25) is 5.69 Å². The van der Waals surface area contributed by atoms with Crippen molar-refractivity contribution in [2.45, 2.75) is 27.2 Å². The predicted molar refractivity (Wildman–Crippen MR) is 112 cm³/mol. The van der Waals surface area contributed by atoms with E-state index in [9.17, 15) is 9.59 Å². The molecule has 1 aromatic carbocycles. The largest absolute Gasteiger partial charge is 0.439 e. The van der Waals surface area contributed by atoms with E-state index in [0.29, 0.717) is 27.5 Å². The molecule has 3 N–H and O–H groups in total. The highest BCUT2D eigenvalue weighted by Crippen LogP contribution is 2.33. The first-order valence-corrected chi connectivity index (χ1v) is 10.1. The highest BCUT2D eigenvalue weighted by molar-refractivity contribution is 7.21. The number of carbonyl (C=O) groups excluding carboxylic acids is 1. The van der Waals surface area contributed by atoms with Crippen LogP contribution in [0.15, 0.2) is 45.7 Å². The van der Waals surface area contributed by atoms with Crippen LogP contribution in [0.5, 0.6) is 0 Å². The molecule has 0 amide bonds. The number of nitrogens with zero attached hydrogens (tertiary/aromatic N) is 2.